The van der Waals surface area contributed by atoms with Crippen molar-refractivity contribution in [1.29, 1.82) is 0 Å². The van der Waals surface area contributed by atoms with Crippen molar-refractivity contribution in [3.05, 3.63) is 34.6 Å². The van der Waals surface area contributed by atoms with Gasteiger partial charge in [-0.1, -0.05) is 0 Å². The third-order valence-corrected chi connectivity index (χ3v) is 7.53. The molecule has 0 amide bonds. The van der Waals surface area contributed by atoms with Gasteiger partial charge in [0.15, 0.2) is 0 Å². The third-order valence-electron chi connectivity index (χ3n) is 7.08. The molecule has 1 aliphatic carbocycles. The van der Waals surface area contributed by atoms with Gasteiger partial charge in [-0.2, -0.15) is 13.2 Å². The second kappa shape index (κ2) is 9.32. The molecule has 5 nitrogen and oxygen atoms in total. The minimum Gasteiger partial charge on any atom is -0.478 e. The van der Waals surface area contributed by atoms with E-state index in [-0.39, 0.29) is 24.4 Å². The Hall–Kier alpha value is -1.42. The van der Waals surface area contributed by atoms with E-state index >= 15 is 0 Å². The van der Waals surface area contributed by atoms with Crippen LogP contribution in [-0.4, -0.2) is 59.0 Å². The number of benzene rings is 1. The highest BCUT2D eigenvalue weighted by Crippen LogP contribution is 2.43. The Bertz CT molecular complexity index is 885. The van der Waals surface area contributed by atoms with Crippen LogP contribution in [0.5, 0.6) is 0 Å². The zero-order chi connectivity index (χ0) is 24.0. The number of rotatable bonds is 6. The van der Waals surface area contributed by atoms with Crippen LogP contribution < -0.4 is 5.32 Å². The zero-order valence-electron chi connectivity index (χ0n) is 18.4. The Kier molecular flexibility index (Phi) is 6.98. The smallest absolute Gasteiger partial charge is 0.393 e. The molecule has 0 radical (unpaired) electrons. The van der Waals surface area contributed by atoms with E-state index in [9.17, 15) is 27.5 Å². The molecule has 2 saturated heterocycles. The molecular weight excluding hydrogens is 464 g/mol. The molecular formula is C23H29ClF4N2O3. The Morgan fingerprint density at radius 1 is 1.30 bits per heavy atom. The first-order valence-corrected chi connectivity index (χ1v) is 11.8. The summed E-state index contributed by atoms with van der Waals surface area (Å²) in [6.45, 7) is 3.76. The maximum absolute atomic E-state index is 14.3. The van der Waals surface area contributed by atoms with E-state index in [2.05, 4.69) is 10.2 Å². The summed E-state index contributed by atoms with van der Waals surface area (Å²) >= 11 is 5.88. The van der Waals surface area contributed by atoms with Crippen molar-refractivity contribution in [2.45, 2.75) is 74.9 Å². The van der Waals surface area contributed by atoms with Crippen LogP contribution in [0, 0.1) is 11.7 Å². The Morgan fingerprint density at radius 2 is 1.97 bits per heavy atom. The summed E-state index contributed by atoms with van der Waals surface area (Å²) in [5.41, 5.74) is 0.844. The van der Waals surface area contributed by atoms with E-state index in [1.807, 2.05) is 6.92 Å². The maximum Gasteiger partial charge on any atom is 0.393 e. The van der Waals surface area contributed by atoms with Gasteiger partial charge in [0.05, 0.1) is 22.5 Å². The van der Waals surface area contributed by atoms with Gasteiger partial charge in [0, 0.05) is 26.2 Å². The first-order valence-electron chi connectivity index (χ1n) is 11.3. The number of halogens is 5. The molecule has 1 aromatic rings. The lowest BCUT2D eigenvalue weighted by Crippen LogP contribution is -2.54. The molecule has 10 heteroatoms. The van der Waals surface area contributed by atoms with E-state index in [1.165, 1.54) is 12.1 Å². The second-order valence-corrected chi connectivity index (χ2v) is 10.3. The van der Waals surface area contributed by atoms with E-state index in [0.29, 0.717) is 32.5 Å². The van der Waals surface area contributed by atoms with Crippen LogP contribution >= 0.6 is 11.6 Å². The Morgan fingerprint density at radius 3 is 2.55 bits per heavy atom. The van der Waals surface area contributed by atoms with E-state index < -0.39 is 41.1 Å². The number of carboxylic acids is 1. The number of nitrogens with one attached hydrogen (secondary N) is 1. The molecule has 0 spiro atoms. The molecule has 3 atom stereocenters. The van der Waals surface area contributed by atoms with Crippen LogP contribution in [0.4, 0.5) is 17.6 Å². The first-order chi connectivity index (χ1) is 15.4. The van der Waals surface area contributed by atoms with Crippen molar-refractivity contribution in [2.75, 3.05) is 19.6 Å². The number of piperidine rings is 2. The summed E-state index contributed by atoms with van der Waals surface area (Å²) in [6, 6.07) is 2.81. The number of likely N-dealkylation sites (tertiary alicyclic amines) is 1. The number of hydrogen-bond acceptors (Lipinski definition) is 4. The van der Waals surface area contributed by atoms with Crippen LogP contribution in [0.25, 0.3) is 0 Å². The van der Waals surface area contributed by atoms with Crippen molar-refractivity contribution < 1.29 is 32.2 Å². The van der Waals surface area contributed by atoms with Gasteiger partial charge in [-0.25, -0.2) is 9.18 Å². The third kappa shape index (κ3) is 5.81. The molecule has 3 fully saturated rings. The molecule has 0 bridgehead atoms. The minimum absolute atomic E-state index is 0.0421. The van der Waals surface area contributed by atoms with Crippen LogP contribution in [0.15, 0.2) is 12.1 Å². The van der Waals surface area contributed by atoms with Gasteiger partial charge < -0.3 is 9.84 Å². The number of carboxylic acid groups (broad SMARTS) is 1. The predicted molar refractivity (Wildman–Crippen MR) is 115 cm³/mol. The van der Waals surface area contributed by atoms with E-state index in [4.69, 9.17) is 16.3 Å². The molecule has 1 saturated carbocycles. The lowest BCUT2D eigenvalue weighted by Gasteiger charge is -2.44. The topological polar surface area (TPSA) is 61.8 Å². The van der Waals surface area contributed by atoms with Crippen molar-refractivity contribution >= 4 is 17.6 Å². The number of alkyl halides is 4. The van der Waals surface area contributed by atoms with Gasteiger partial charge in [0.2, 0.25) is 0 Å². The van der Waals surface area contributed by atoms with Crippen LogP contribution in [-0.2, 0) is 11.3 Å². The van der Waals surface area contributed by atoms with E-state index in [1.54, 1.807) is 0 Å². The van der Waals surface area contributed by atoms with Gasteiger partial charge in [-0.3, -0.25) is 10.2 Å². The highest BCUT2D eigenvalue weighted by atomic mass is 35.5. The molecule has 184 valence electrons. The summed E-state index contributed by atoms with van der Waals surface area (Å²) in [4.78, 5) is 13.5. The van der Waals surface area contributed by atoms with E-state index in [0.717, 1.165) is 24.0 Å². The average molecular weight is 493 g/mol. The number of nitrogens with zero attached hydrogens (tertiary/aromatic N) is 1. The number of carbonyl (C=O) groups is 1. The summed E-state index contributed by atoms with van der Waals surface area (Å²) in [7, 11) is 0. The van der Waals surface area contributed by atoms with Gasteiger partial charge in [-0.05, 0) is 68.2 Å². The van der Waals surface area contributed by atoms with Crippen molar-refractivity contribution in [2.24, 2.45) is 5.92 Å². The molecule has 3 unspecified atom stereocenters. The van der Waals surface area contributed by atoms with Crippen LogP contribution in [0.2, 0.25) is 0 Å². The molecule has 4 rings (SSSR count). The van der Waals surface area contributed by atoms with Gasteiger partial charge in [0.1, 0.15) is 12.0 Å². The number of hydrogen-bond donors (Lipinski definition) is 2. The molecule has 0 aromatic heterocycles. The zero-order valence-corrected chi connectivity index (χ0v) is 19.2. The monoisotopic (exact) mass is 492 g/mol. The van der Waals surface area contributed by atoms with Gasteiger partial charge in [0.25, 0.3) is 0 Å². The SMILES string of the molecule is CC1(OC2CC(C(F)(F)F)C(Cl)CN2)CCN(Cc2cc(F)c(C(=O)O)cc2C2CC2)CC1. The van der Waals surface area contributed by atoms with Gasteiger partial charge in [-0.15, -0.1) is 11.6 Å². The highest BCUT2D eigenvalue weighted by Gasteiger charge is 2.48. The maximum atomic E-state index is 14.3. The number of aromatic carboxylic acids is 1. The first kappa shape index (κ1) is 24.7. The molecule has 3 aliphatic rings. The summed E-state index contributed by atoms with van der Waals surface area (Å²) in [5, 5.41) is 11.2. The fourth-order valence-corrected chi connectivity index (χ4v) is 5.20. The average Bonchev–Trinajstić information content (AvgIpc) is 3.55. The molecule has 2 heterocycles. The summed E-state index contributed by atoms with van der Waals surface area (Å²) in [6.07, 6.45) is -2.08. The standard InChI is InChI=1S/C23H29ClF4N2O3/c1-22(33-20-10-17(23(26,27)28)18(24)11-29-20)4-6-30(7-5-22)12-14-8-19(25)16(21(31)32)9-15(14)13-2-3-13/h8-9,13,17-18,20,29H,2-7,10-12H2,1H3,(H,31,32). The van der Waals surface area contributed by atoms with Crippen molar-refractivity contribution in [3.8, 4) is 0 Å². The molecule has 2 aliphatic heterocycles. The lowest BCUT2D eigenvalue weighted by molar-refractivity contribution is -0.205. The van der Waals surface area contributed by atoms with Crippen LogP contribution in [0.3, 0.4) is 0 Å². The second-order valence-electron chi connectivity index (χ2n) is 9.75. The van der Waals surface area contributed by atoms with Gasteiger partial charge >= 0.3 is 12.1 Å². The Labute approximate surface area is 195 Å². The molecule has 1 aromatic carbocycles. The largest absolute Gasteiger partial charge is 0.478 e. The number of ether oxygens (including phenoxy) is 1. The molecule has 33 heavy (non-hydrogen) atoms. The minimum atomic E-state index is -4.36. The van der Waals surface area contributed by atoms with Crippen LogP contribution in [0.1, 0.15) is 66.4 Å². The van der Waals surface area contributed by atoms with Crippen molar-refractivity contribution in [1.82, 2.24) is 10.2 Å². The highest BCUT2D eigenvalue weighted by molar-refractivity contribution is 6.21. The summed E-state index contributed by atoms with van der Waals surface area (Å²) in [5.74, 6) is -3.32. The lowest BCUT2D eigenvalue weighted by atomic mass is 9.91. The summed E-state index contributed by atoms with van der Waals surface area (Å²) < 4.78 is 60.2. The Balaban J connectivity index is 1.36. The predicted octanol–water partition coefficient (Wildman–Crippen LogP) is 4.88. The normalized spacial score (nSPS) is 28.6. The van der Waals surface area contributed by atoms with Crippen molar-refractivity contribution in [3.63, 3.8) is 0 Å². The molecule has 2 N–H and O–H groups in total. The quantitative estimate of drug-likeness (QED) is 0.438. The fourth-order valence-electron chi connectivity index (χ4n) is 4.87. The fraction of sp³-hybridized carbons (Fsp3) is 0.696.